The molecule has 14 heteroatoms. The van der Waals surface area contributed by atoms with Crippen LogP contribution in [-0.2, 0) is 16.1 Å². The number of benzene rings is 2. The second-order valence-corrected chi connectivity index (χ2v) is 10.6. The van der Waals surface area contributed by atoms with E-state index in [1.54, 1.807) is 22.9 Å². The molecule has 2 aromatic heterocycles. The van der Waals surface area contributed by atoms with Crippen LogP contribution in [0.4, 0.5) is 4.79 Å². The minimum atomic E-state index is -1.07. The Balaban J connectivity index is 1.51. The van der Waals surface area contributed by atoms with E-state index in [2.05, 4.69) is 10.3 Å². The Morgan fingerprint density at radius 1 is 0.977 bits per heavy atom. The molecule has 0 aliphatic carbocycles. The Bertz CT molecular complexity index is 1840. The molecular weight excluding hydrogens is 574 g/mol. The lowest BCUT2D eigenvalue weighted by Crippen LogP contribution is -2.37. The zero-order chi connectivity index (χ0) is 31.5. The SMILES string of the molecule is COc1cc2c(cc1OC(=O)N(C)CCNC(=O)CCC(=O)O)c(=O)n(CCN(C)C)c1c3cc4c(cc3ncc21)OCO4. The van der Waals surface area contributed by atoms with E-state index < -0.39 is 18.0 Å². The first-order chi connectivity index (χ1) is 21.1. The van der Waals surface area contributed by atoms with Crippen LogP contribution in [0, 0.1) is 0 Å². The van der Waals surface area contributed by atoms with Gasteiger partial charge in [0.05, 0.1) is 30.0 Å². The van der Waals surface area contributed by atoms with Gasteiger partial charge in [-0.25, -0.2) is 4.79 Å². The molecule has 1 aliphatic rings. The Kier molecular flexibility index (Phi) is 8.71. The van der Waals surface area contributed by atoms with E-state index in [1.807, 2.05) is 25.1 Å². The number of aliphatic carboxylic acids is 1. The number of carboxylic acids is 1. The fraction of sp³-hybridized carbons (Fsp3) is 0.367. The van der Waals surface area contributed by atoms with Crippen LogP contribution in [0.1, 0.15) is 12.8 Å². The van der Waals surface area contributed by atoms with Gasteiger partial charge in [0.2, 0.25) is 12.7 Å². The maximum Gasteiger partial charge on any atom is 0.415 e. The van der Waals surface area contributed by atoms with E-state index >= 15 is 0 Å². The largest absolute Gasteiger partial charge is 0.493 e. The number of carbonyl (C=O) groups excluding carboxylic acids is 2. The number of amides is 2. The molecule has 0 saturated carbocycles. The van der Waals surface area contributed by atoms with E-state index in [1.165, 1.54) is 25.1 Å². The van der Waals surface area contributed by atoms with E-state index in [0.29, 0.717) is 51.8 Å². The highest BCUT2D eigenvalue weighted by Gasteiger charge is 2.22. The van der Waals surface area contributed by atoms with E-state index in [-0.39, 0.29) is 49.8 Å². The quantitative estimate of drug-likeness (QED) is 0.241. The molecular formula is C30H33N5O9. The van der Waals surface area contributed by atoms with Crippen LogP contribution >= 0.6 is 0 Å². The van der Waals surface area contributed by atoms with E-state index in [0.717, 1.165) is 5.39 Å². The summed E-state index contributed by atoms with van der Waals surface area (Å²) in [6.07, 6.45) is 0.529. The number of rotatable bonds is 11. The normalized spacial score (nSPS) is 12.2. The zero-order valence-corrected chi connectivity index (χ0v) is 24.8. The van der Waals surface area contributed by atoms with Crippen LogP contribution in [0.3, 0.4) is 0 Å². The highest BCUT2D eigenvalue weighted by molar-refractivity contribution is 6.15. The number of fused-ring (bicyclic) bond motifs is 6. The van der Waals surface area contributed by atoms with Crippen molar-refractivity contribution in [2.75, 3.05) is 54.7 Å². The Morgan fingerprint density at radius 3 is 2.41 bits per heavy atom. The molecule has 0 spiro atoms. The number of likely N-dealkylation sites (N-methyl/N-ethyl adjacent to an activating group) is 2. The van der Waals surface area contributed by atoms with Crippen molar-refractivity contribution in [2.45, 2.75) is 19.4 Å². The second kappa shape index (κ2) is 12.6. The minimum absolute atomic E-state index is 0.0510. The van der Waals surface area contributed by atoms with Crippen LogP contribution in [0.2, 0.25) is 0 Å². The van der Waals surface area contributed by atoms with E-state index in [9.17, 15) is 19.2 Å². The van der Waals surface area contributed by atoms with Gasteiger partial charge >= 0.3 is 12.1 Å². The number of methoxy groups -OCH3 is 1. The topological polar surface area (TPSA) is 162 Å². The van der Waals surface area contributed by atoms with Crippen LogP contribution in [-0.4, -0.2) is 97.1 Å². The highest BCUT2D eigenvalue weighted by atomic mass is 16.7. The summed E-state index contributed by atoms with van der Waals surface area (Å²) in [6.45, 7) is 1.28. The third-order valence-corrected chi connectivity index (χ3v) is 7.29. The van der Waals surface area contributed by atoms with Crippen LogP contribution < -0.4 is 29.8 Å². The van der Waals surface area contributed by atoms with Gasteiger partial charge in [0.1, 0.15) is 0 Å². The summed E-state index contributed by atoms with van der Waals surface area (Å²) in [5, 5.41) is 13.6. The van der Waals surface area contributed by atoms with Crippen molar-refractivity contribution in [3.05, 3.63) is 40.8 Å². The highest BCUT2D eigenvalue weighted by Crippen LogP contribution is 2.40. The molecule has 1 aliphatic heterocycles. The van der Waals surface area contributed by atoms with Crippen molar-refractivity contribution in [3.8, 4) is 23.0 Å². The third-order valence-electron chi connectivity index (χ3n) is 7.29. The first kappa shape index (κ1) is 30.4. The monoisotopic (exact) mass is 607 g/mol. The molecule has 0 atom stereocenters. The summed E-state index contributed by atoms with van der Waals surface area (Å²) < 4.78 is 24.0. The average Bonchev–Trinajstić information content (AvgIpc) is 3.45. The Morgan fingerprint density at radius 2 is 1.70 bits per heavy atom. The molecule has 4 aromatic rings. The fourth-order valence-electron chi connectivity index (χ4n) is 4.95. The molecule has 2 N–H and O–H groups in total. The van der Waals surface area contributed by atoms with Gasteiger partial charge in [-0.1, -0.05) is 0 Å². The van der Waals surface area contributed by atoms with Crippen molar-refractivity contribution in [2.24, 2.45) is 0 Å². The molecule has 2 amide bonds. The number of hydrogen-bond donors (Lipinski definition) is 2. The van der Waals surface area contributed by atoms with Gasteiger partial charge in [-0.3, -0.25) is 19.4 Å². The summed E-state index contributed by atoms with van der Waals surface area (Å²) in [5.41, 5.74) is 1.05. The zero-order valence-electron chi connectivity index (χ0n) is 24.8. The molecule has 0 bridgehead atoms. The number of ether oxygens (including phenoxy) is 4. The maximum absolute atomic E-state index is 14.1. The van der Waals surface area contributed by atoms with Gasteiger partial charge < -0.3 is 43.7 Å². The molecule has 2 aromatic carbocycles. The molecule has 44 heavy (non-hydrogen) atoms. The number of pyridine rings is 2. The molecule has 0 fully saturated rings. The predicted octanol–water partition coefficient (Wildman–Crippen LogP) is 2.41. The van der Waals surface area contributed by atoms with Crippen molar-refractivity contribution in [1.82, 2.24) is 24.7 Å². The first-order valence-corrected chi connectivity index (χ1v) is 13.9. The Hall–Kier alpha value is -5.11. The van der Waals surface area contributed by atoms with Gasteiger partial charge in [0.25, 0.3) is 5.56 Å². The van der Waals surface area contributed by atoms with Crippen LogP contribution in [0.25, 0.3) is 32.6 Å². The standard InChI is InChI=1S/C30H33N5O9/c1-33(2)9-10-35-28-19-13-23-24(43-16-42-23)14-21(19)32-15-20(28)17-11-22(41-4)25(12-18(17)29(35)39)44-30(40)34(3)8-7-31-26(36)5-6-27(37)38/h11-15H,5-10,16H2,1-4H3,(H,31,36)(H,37,38). The number of carbonyl (C=O) groups is 3. The summed E-state index contributed by atoms with van der Waals surface area (Å²) >= 11 is 0. The average molecular weight is 608 g/mol. The summed E-state index contributed by atoms with van der Waals surface area (Å²) in [5.74, 6) is -0.0575. The maximum atomic E-state index is 14.1. The smallest absolute Gasteiger partial charge is 0.415 e. The lowest BCUT2D eigenvalue weighted by molar-refractivity contribution is -0.138. The summed E-state index contributed by atoms with van der Waals surface area (Å²) in [7, 11) is 6.77. The number of hydrogen-bond acceptors (Lipinski definition) is 10. The molecule has 3 heterocycles. The van der Waals surface area contributed by atoms with Crippen LogP contribution in [0.5, 0.6) is 23.0 Å². The molecule has 5 rings (SSSR count). The number of aromatic nitrogens is 2. The molecule has 0 radical (unpaired) electrons. The number of nitrogens with one attached hydrogen (secondary N) is 1. The lowest BCUT2D eigenvalue weighted by atomic mass is 10.0. The lowest BCUT2D eigenvalue weighted by Gasteiger charge is -2.20. The number of carboxylic acid groups (broad SMARTS) is 1. The van der Waals surface area contributed by atoms with Crippen molar-refractivity contribution in [3.63, 3.8) is 0 Å². The van der Waals surface area contributed by atoms with Gasteiger partial charge in [-0.05, 0) is 32.3 Å². The van der Waals surface area contributed by atoms with Crippen molar-refractivity contribution in [1.29, 1.82) is 0 Å². The number of nitrogens with zero attached hydrogens (tertiary/aromatic N) is 4. The molecule has 232 valence electrons. The molecule has 0 saturated heterocycles. The molecule has 14 nitrogen and oxygen atoms in total. The van der Waals surface area contributed by atoms with Gasteiger partial charge in [0.15, 0.2) is 23.0 Å². The summed E-state index contributed by atoms with van der Waals surface area (Å²) in [4.78, 5) is 57.3. The van der Waals surface area contributed by atoms with Gasteiger partial charge in [-0.2, -0.15) is 0 Å². The van der Waals surface area contributed by atoms with Crippen molar-refractivity contribution < 1.29 is 38.4 Å². The van der Waals surface area contributed by atoms with E-state index in [4.69, 9.17) is 24.1 Å². The van der Waals surface area contributed by atoms with Gasteiger partial charge in [-0.15, -0.1) is 0 Å². The summed E-state index contributed by atoms with van der Waals surface area (Å²) in [6, 6.07) is 6.78. The fourth-order valence-corrected chi connectivity index (χ4v) is 4.95. The predicted molar refractivity (Wildman–Crippen MR) is 161 cm³/mol. The van der Waals surface area contributed by atoms with Crippen molar-refractivity contribution >= 4 is 50.5 Å². The molecule has 0 unspecified atom stereocenters. The Labute approximate surface area is 251 Å². The van der Waals surface area contributed by atoms with Crippen LogP contribution in [0.15, 0.2) is 35.3 Å². The third kappa shape index (κ3) is 6.15. The van der Waals surface area contributed by atoms with Gasteiger partial charge in [0, 0.05) is 68.1 Å². The first-order valence-electron chi connectivity index (χ1n) is 13.9. The minimum Gasteiger partial charge on any atom is -0.493 e. The second-order valence-electron chi connectivity index (χ2n) is 10.6.